The first-order valence-electron chi connectivity index (χ1n) is 6.66. The van der Waals surface area contributed by atoms with E-state index in [-0.39, 0.29) is 25.9 Å². The molecule has 0 aromatic heterocycles. The molecule has 0 bridgehead atoms. The van der Waals surface area contributed by atoms with Gasteiger partial charge in [-0.3, -0.25) is 0 Å². The number of benzene rings is 1. The minimum atomic E-state index is -0.775. The fourth-order valence-electron chi connectivity index (χ4n) is 1.52. The summed E-state index contributed by atoms with van der Waals surface area (Å²) in [7, 11) is 0. The van der Waals surface area contributed by atoms with Gasteiger partial charge in [0.15, 0.2) is 17.4 Å². The SMILES string of the molecule is CC(C)NCC(O)COCCOc1c(F)cc(Br)cc1F. The molecule has 0 radical (unpaired) electrons. The molecule has 2 N–H and O–H groups in total. The maximum absolute atomic E-state index is 13.4. The van der Waals surface area contributed by atoms with Crippen molar-refractivity contribution < 1.29 is 23.4 Å². The van der Waals surface area contributed by atoms with E-state index in [1.54, 1.807) is 0 Å². The Hall–Kier alpha value is -0.760. The zero-order valence-corrected chi connectivity index (χ0v) is 13.6. The predicted octanol–water partition coefficient (Wildman–Crippen LogP) is 2.48. The van der Waals surface area contributed by atoms with Crippen molar-refractivity contribution in [3.05, 3.63) is 28.2 Å². The van der Waals surface area contributed by atoms with Crippen molar-refractivity contribution in [2.75, 3.05) is 26.4 Å². The number of ether oxygens (including phenoxy) is 2. The summed E-state index contributed by atoms with van der Waals surface area (Å²) in [4.78, 5) is 0. The van der Waals surface area contributed by atoms with Gasteiger partial charge in [0.2, 0.25) is 0 Å². The molecule has 21 heavy (non-hydrogen) atoms. The van der Waals surface area contributed by atoms with Crippen LogP contribution in [0.5, 0.6) is 5.75 Å². The van der Waals surface area contributed by atoms with Crippen molar-refractivity contribution in [3.63, 3.8) is 0 Å². The van der Waals surface area contributed by atoms with Crippen LogP contribution in [0.15, 0.2) is 16.6 Å². The van der Waals surface area contributed by atoms with Crippen LogP contribution in [0.3, 0.4) is 0 Å². The molecule has 0 amide bonds. The first kappa shape index (κ1) is 18.3. The van der Waals surface area contributed by atoms with E-state index in [2.05, 4.69) is 21.2 Å². The van der Waals surface area contributed by atoms with Gasteiger partial charge in [0.05, 0.1) is 19.3 Å². The molecule has 0 saturated heterocycles. The molecule has 0 aliphatic rings. The lowest BCUT2D eigenvalue weighted by Gasteiger charge is -2.14. The monoisotopic (exact) mass is 367 g/mol. The summed E-state index contributed by atoms with van der Waals surface area (Å²) >= 11 is 2.99. The van der Waals surface area contributed by atoms with Crippen LogP contribution in [-0.2, 0) is 4.74 Å². The van der Waals surface area contributed by atoms with E-state index in [0.717, 1.165) is 12.1 Å². The Kier molecular flexibility index (Phi) is 8.10. The molecule has 7 heteroatoms. The Morgan fingerprint density at radius 2 is 1.86 bits per heavy atom. The van der Waals surface area contributed by atoms with E-state index < -0.39 is 23.5 Å². The van der Waals surface area contributed by atoms with Gasteiger partial charge in [-0.15, -0.1) is 0 Å². The average Bonchev–Trinajstić information content (AvgIpc) is 2.38. The largest absolute Gasteiger partial charge is 0.485 e. The number of hydrogen-bond donors (Lipinski definition) is 2. The lowest BCUT2D eigenvalue weighted by atomic mass is 10.3. The number of rotatable bonds is 9. The smallest absolute Gasteiger partial charge is 0.190 e. The molecule has 0 aliphatic heterocycles. The van der Waals surface area contributed by atoms with Gasteiger partial charge in [-0.1, -0.05) is 29.8 Å². The zero-order valence-electron chi connectivity index (χ0n) is 12.0. The van der Waals surface area contributed by atoms with Gasteiger partial charge in [-0.25, -0.2) is 8.78 Å². The maximum atomic E-state index is 13.4. The fraction of sp³-hybridized carbons (Fsp3) is 0.571. The van der Waals surface area contributed by atoms with Gasteiger partial charge in [-0.2, -0.15) is 0 Å². The molecule has 0 heterocycles. The van der Waals surface area contributed by atoms with Crippen LogP contribution in [-0.4, -0.2) is 43.6 Å². The van der Waals surface area contributed by atoms with Crippen molar-refractivity contribution in [2.24, 2.45) is 0 Å². The molecule has 1 atom stereocenters. The number of nitrogens with one attached hydrogen (secondary N) is 1. The van der Waals surface area contributed by atoms with E-state index >= 15 is 0 Å². The molecule has 0 saturated carbocycles. The summed E-state index contributed by atoms with van der Waals surface area (Å²) in [5.74, 6) is -1.98. The summed E-state index contributed by atoms with van der Waals surface area (Å²) in [5, 5.41) is 12.6. The second-order valence-electron chi connectivity index (χ2n) is 4.84. The van der Waals surface area contributed by atoms with Crippen LogP contribution < -0.4 is 10.1 Å². The average molecular weight is 368 g/mol. The zero-order chi connectivity index (χ0) is 15.8. The van der Waals surface area contributed by atoms with Gasteiger partial charge in [0, 0.05) is 17.1 Å². The molecule has 120 valence electrons. The van der Waals surface area contributed by atoms with Gasteiger partial charge in [0.1, 0.15) is 6.61 Å². The Labute approximate surface area is 131 Å². The maximum Gasteiger partial charge on any atom is 0.190 e. The third kappa shape index (κ3) is 7.17. The quantitative estimate of drug-likeness (QED) is 0.658. The van der Waals surface area contributed by atoms with E-state index in [9.17, 15) is 13.9 Å². The summed E-state index contributed by atoms with van der Waals surface area (Å²) in [6, 6.07) is 2.53. The first-order valence-corrected chi connectivity index (χ1v) is 7.46. The Balaban J connectivity index is 2.23. The Morgan fingerprint density at radius 1 is 1.24 bits per heavy atom. The van der Waals surface area contributed by atoms with E-state index in [0.29, 0.717) is 11.0 Å². The van der Waals surface area contributed by atoms with Crippen LogP contribution >= 0.6 is 15.9 Å². The third-order valence-corrected chi connectivity index (χ3v) is 2.97. The molecular formula is C14H20BrF2NO3. The lowest BCUT2D eigenvalue weighted by molar-refractivity contribution is 0.0235. The minimum absolute atomic E-state index is 0.000197. The molecule has 1 aromatic rings. The summed E-state index contributed by atoms with van der Waals surface area (Å²) in [6.07, 6.45) is -0.631. The van der Waals surface area contributed by atoms with Crippen molar-refractivity contribution in [1.82, 2.24) is 5.32 Å². The van der Waals surface area contributed by atoms with Gasteiger partial charge in [-0.05, 0) is 12.1 Å². The highest BCUT2D eigenvalue weighted by atomic mass is 79.9. The van der Waals surface area contributed by atoms with E-state index in [1.807, 2.05) is 13.8 Å². The van der Waals surface area contributed by atoms with E-state index in [4.69, 9.17) is 9.47 Å². The van der Waals surface area contributed by atoms with Crippen molar-refractivity contribution in [3.8, 4) is 5.75 Å². The second kappa shape index (κ2) is 9.30. The van der Waals surface area contributed by atoms with Crippen molar-refractivity contribution in [1.29, 1.82) is 0 Å². The highest BCUT2D eigenvalue weighted by Crippen LogP contribution is 2.25. The molecule has 1 unspecified atom stereocenters. The molecular weight excluding hydrogens is 348 g/mol. The Morgan fingerprint density at radius 3 is 2.43 bits per heavy atom. The van der Waals surface area contributed by atoms with Crippen LogP contribution in [0.25, 0.3) is 0 Å². The molecule has 1 aromatic carbocycles. The molecule has 0 spiro atoms. The van der Waals surface area contributed by atoms with E-state index in [1.165, 1.54) is 0 Å². The number of hydrogen-bond acceptors (Lipinski definition) is 4. The standard InChI is InChI=1S/C14H20BrF2NO3/c1-9(2)18-7-11(19)8-20-3-4-21-14-12(16)5-10(15)6-13(14)17/h5-6,9,11,18-19H,3-4,7-8H2,1-2H3. The van der Waals surface area contributed by atoms with Crippen LogP contribution in [0.1, 0.15) is 13.8 Å². The van der Waals surface area contributed by atoms with Crippen molar-refractivity contribution >= 4 is 15.9 Å². The van der Waals surface area contributed by atoms with Crippen LogP contribution in [0, 0.1) is 11.6 Å². The molecule has 1 rings (SSSR count). The number of aliphatic hydroxyl groups is 1. The van der Waals surface area contributed by atoms with Crippen LogP contribution in [0.4, 0.5) is 8.78 Å². The number of halogens is 3. The number of aliphatic hydroxyl groups excluding tert-OH is 1. The summed E-state index contributed by atoms with van der Waals surface area (Å²) in [5.41, 5.74) is 0. The van der Waals surface area contributed by atoms with Gasteiger partial charge < -0.3 is 19.9 Å². The predicted molar refractivity (Wildman–Crippen MR) is 79.5 cm³/mol. The van der Waals surface area contributed by atoms with Gasteiger partial charge >= 0.3 is 0 Å². The van der Waals surface area contributed by atoms with Gasteiger partial charge in [0.25, 0.3) is 0 Å². The highest BCUT2D eigenvalue weighted by Gasteiger charge is 2.12. The first-order chi connectivity index (χ1) is 9.90. The van der Waals surface area contributed by atoms with Crippen LogP contribution in [0.2, 0.25) is 0 Å². The lowest BCUT2D eigenvalue weighted by Crippen LogP contribution is -2.34. The highest BCUT2D eigenvalue weighted by molar-refractivity contribution is 9.10. The molecule has 0 fully saturated rings. The third-order valence-electron chi connectivity index (χ3n) is 2.51. The fourth-order valence-corrected chi connectivity index (χ4v) is 1.92. The minimum Gasteiger partial charge on any atom is -0.485 e. The Bertz CT molecular complexity index is 423. The molecule has 0 aliphatic carbocycles. The summed E-state index contributed by atoms with van der Waals surface area (Å²) in [6.45, 7) is 4.64. The molecule has 4 nitrogen and oxygen atoms in total. The second-order valence-corrected chi connectivity index (χ2v) is 5.75. The van der Waals surface area contributed by atoms with Crippen molar-refractivity contribution in [2.45, 2.75) is 26.0 Å². The summed E-state index contributed by atoms with van der Waals surface area (Å²) < 4.78 is 37.4. The topological polar surface area (TPSA) is 50.7 Å². The normalized spacial score (nSPS) is 12.7.